The molecule has 0 unspecified atom stereocenters. The molecule has 0 saturated carbocycles. The molecule has 6 heteroatoms. The molecule has 0 spiro atoms. The average molecular weight is 319 g/mol. The van der Waals surface area contributed by atoms with E-state index >= 15 is 0 Å². The Kier molecular flexibility index (Phi) is 5.30. The van der Waals surface area contributed by atoms with Gasteiger partial charge in [0.25, 0.3) is 0 Å². The summed E-state index contributed by atoms with van der Waals surface area (Å²) < 4.78 is 44.9. The molecule has 0 aromatic heterocycles. The van der Waals surface area contributed by atoms with Crippen molar-refractivity contribution < 1.29 is 17.9 Å². The smallest absolute Gasteiger partial charge is 0.417 e. The molecular weight excluding hydrogens is 299 g/mol. The molecule has 1 aromatic carbocycles. The molecule has 118 valence electrons. The van der Waals surface area contributed by atoms with Gasteiger partial charge in [0.05, 0.1) is 17.9 Å². The lowest BCUT2D eigenvalue weighted by molar-refractivity contribution is -0.139. The number of piperidine rings is 1. The lowest BCUT2D eigenvalue weighted by Gasteiger charge is -2.31. The highest BCUT2D eigenvalue weighted by Gasteiger charge is 2.35. The second kappa shape index (κ2) is 6.81. The molecule has 0 radical (unpaired) electrons. The predicted octanol–water partition coefficient (Wildman–Crippen LogP) is 4.82. The van der Waals surface area contributed by atoms with Gasteiger partial charge in [-0.25, -0.2) is 0 Å². The zero-order valence-electron chi connectivity index (χ0n) is 12.3. The van der Waals surface area contributed by atoms with E-state index in [4.69, 9.17) is 4.74 Å². The van der Waals surface area contributed by atoms with E-state index in [1.165, 1.54) is 6.42 Å². The first-order valence-electron chi connectivity index (χ1n) is 7.14. The van der Waals surface area contributed by atoms with Gasteiger partial charge in [-0.15, -0.1) is 11.8 Å². The van der Waals surface area contributed by atoms with Crippen molar-refractivity contribution in [2.24, 2.45) is 0 Å². The van der Waals surface area contributed by atoms with Gasteiger partial charge in [0.15, 0.2) is 0 Å². The first kappa shape index (κ1) is 16.3. The van der Waals surface area contributed by atoms with Gasteiger partial charge in [-0.1, -0.05) is 0 Å². The number of hydrogen-bond donors (Lipinski definition) is 0. The van der Waals surface area contributed by atoms with E-state index in [1.54, 1.807) is 19.2 Å². The second-order valence-electron chi connectivity index (χ2n) is 5.00. The molecule has 2 nitrogen and oxygen atoms in total. The van der Waals surface area contributed by atoms with Gasteiger partial charge in [0, 0.05) is 18.0 Å². The van der Waals surface area contributed by atoms with E-state index in [0.29, 0.717) is 12.4 Å². The zero-order valence-corrected chi connectivity index (χ0v) is 13.1. The molecule has 0 bridgehead atoms. The normalized spacial score (nSPS) is 16.1. The fraction of sp³-hybridized carbons (Fsp3) is 0.600. The number of alkyl halides is 3. The highest BCUT2D eigenvalue weighted by molar-refractivity contribution is 7.98. The van der Waals surface area contributed by atoms with Gasteiger partial charge in [0.1, 0.15) is 5.75 Å². The summed E-state index contributed by atoms with van der Waals surface area (Å²) in [6, 6.07) is 2.78. The maximum absolute atomic E-state index is 13.1. The monoisotopic (exact) mass is 319 g/mol. The topological polar surface area (TPSA) is 12.5 Å². The Bertz CT molecular complexity index is 485. The minimum atomic E-state index is -4.36. The van der Waals surface area contributed by atoms with Crippen LogP contribution in [0.1, 0.15) is 31.7 Å². The number of anilines is 1. The van der Waals surface area contributed by atoms with Crippen molar-refractivity contribution in [1.82, 2.24) is 0 Å². The summed E-state index contributed by atoms with van der Waals surface area (Å²) in [5, 5.41) is 0. The number of ether oxygens (including phenoxy) is 1. The van der Waals surface area contributed by atoms with Gasteiger partial charge >= 0.3 is 6.18 Å². The largest absolute Gasteiger partial charge is 0.492 e. The maximum atomic E-state index is 13.1. The third-order valence-electron chi connectivity index (χ3n) is 3.58. The van der Waals surface area contributed by atoms with E-state index < -0.39 is 11.7 Å². The third kappa shape index (κ3) is 3.78. The molecule has 1 heterocycles. The van der Waals surface area contributed by atoms with Crippen molar-refractivity contribution in [2.75, 3.05) is 30.9 Å². The molecule has 0 aliphatic carbocycles. The second-order valence-corrected chi connectivity index (χ2v) is 5.85. The van der Waals surface area contributed by atoms with Crippen LogP contribution < -0.4 is 9.64 Å². The van der Waals surface area contributed by atoms with Crippen LogP contribution >= 0.6 is 11.8 Å². The van der Waals surface area contributed by atoms with Crippen LogP contribution in [0.4, 0.5) is 18.9 Å². The Balaban J connectivity index is 2.47. The maximum Gasteiger partial charge on any atom is 0.417 e. The minimum Gasteiger partial charge on any atom is -0.492 e. The van der Waals surface area contributed by atoms with E-state index in [-0.39, 0.29) is 4.90 Å². The molecule has 0 atom stereocenters. The average Bonchev–Trinajstić information content (AvgIpc) is 2.47. The van der Waals surface area contributed by atoms with Crippen molar-refractivity contribution in [3.05, 3.63) is 17.7 Å². The highest BCUT2D eigenvalue weighted by atomic mass is 32.2. The molecule has 1 aliphatic heterocycles. The van der Waals surface area contributed by atoms with Gasteiger partial charge in [-0.2, -0.15) is 13.2 Å². The van der Waals surface area contributed by atoms with E-state index in [0.717, 1.165) is 49.4 Å². The van der Waals surface area contributed by atoms with Crippen molar-refractivity contribution >= 4 is 17.4 Å². The number of nitrogens with zero attached hydrogens (tertiary/aromatic N) is 1. The summed E-state index contributed by atoms with van der Waals surface area (Å²) in [4.78, 5) is 2.39. The quantitative estimate of drug-likeness (QED) is 0.739. The van der Waals surface area contributed by atoms with Crippen molar-refractivity contribution in [3.63, 3.8) is 0 Å². The van der Waals surface area contributed by atoms with Gasteiger partial charge in [-0.05, 0) is 44.6 Å². The Morgan fingerprint density at radius 1 is 1.19 bits per heavy atom. The number of rotatable bonds is 4. The Morgan fingerprint density at radius 3 is 2.38 bits per heavy atom. The number of hydrogen-bond acceptors (Lipinski definition) is 3. The van der Waals surface area contributed by atoms with Gasteiger partial charge in [0.2, 0.25) is 0 Å². The van der Waals surface area contributed by atoms with Crippen LogP contribution in [0.15, 0.2) is 17.0 Å². The Hall–Kier alpha value is -1.04. The fourth-order valence-corrected chi connectivity index (χ4v) is 3.22. The zero-order chi connectivity index (χ0) is 15.5. The minimum absolute atomic E-state index is 0.256. The lowest BCUT2D eigenvalue weighted by Crippen LogP contribution is -2.30. The van der Waals surface area contributed by atoms with Gasteiger partial charge in [-0.3, -0.25) is 0 Å². The summed E-state index contributed by atoms with van der Waals surface area (Å²) >= 11 is 1.13. The van der Waals surface area contributed by atoms with Crippen LogP contribution in [-0.4, -0.2) is 26.0 Å². The summed E-state index contributed by atoms with van der Waals surface area (Å²) in [6.07, 6.45) is 0.633. The van der Waals surface area contributed by atoms with Crippen molar-refractivity contribution in [3.8, 4) is 5.75 Å². The fourth-order valence-electron chi connectivity index (χ4n) is 2.59. The first-order valence-corrected chi connectivity index (χ1v) is 8.36. The number of thioether (sulfide) groups is 1. The molecule has 2 rings (SSSR count). The van der Waals surface area contributed by atoms with E-state index in [2.05, 4.69) is 4.90 Å². The summed E-state index contributed by atoms with van der Waals surface area (Å²) in [7, 11) is 0. The van der Waals surface area contributed by atoms with Crippen LogP contribution in [0.2, 0.25) is 0 Å². The molecule has 1 aromatic rings. The summed E-state index contributed by atoms with van der Waals surface area (Å²) in [5.41, 5.74) is 0.174. The molecule has 0 N–H and O–H groups in total. The van der Waals surface area contributed by atoms with Crippen LogP contribution in [0, 0.1) is 0 Å². The van der Waals surface area contributed by atoms with Crippen LogP contribution in [0.5, 0.6) is 5.75 Å². The summed E-state index contributed by atoms with van der Waals surface area (Å²) in [6.45, 7) is 3.89. The van der Waals surface area contributed by atoms with Crippen LogP contribution in [0.25, 0.3) is 0 Å². The SMILES string of the molecule is CCOc1cc(C(F)(F)F)c(SC)cc1N1CCCCC1. The highest BCUT2D eigenvalue weighted by Crippen LogP contribution is 2.43. The van der Waals surface area contributed by atoms with Crippen LogP contribution in [-0.2, 0) is 6.18 Å². The number of halogens is 3. The molecule has 0 amide bonds. The summed E-state index contributed by atoms with van der Waals surface area (Å²) in [5.74, 6) is 0.338. The predicted molar refractivity (Wildman–Crippen MR) is 80.5 cm³/mol. The van der Waals surface area contributed by atoms with Crippen molar-refractivity contribution in [1.29, 1.82) is 0 Å². The standard InChI is InChI=1S/C15H20F3NOS/c1-3-20-13-9-11(15(16,17)18)14(21-2)10-12(13)19-7-5-4-6-8-19/h9-10H,3-8H2,1-2H3. The molecule has 1 saturated heterocycles. The third-order valence-corrected chi connectivity index (χ3v) is 4.36. The van der Waals surface area contributed by atoms with E-state index in [1.807, 2.05) is 0 Å². The van der Waals surface area contributed by atoms with Crippen LogP contribution in [0.3, 0.4) is 0 Å². The molecule has 1 fully saturated rings. The Labute approximate surface area is 127 Å². The van der Waals surface area contributed by atoms with E-state index in [9.17, 15) is 13.2 Å². The van der Waals surface area contributed by atoms with Crippen molar-refractivity contribution in [2.45, 2.75) is 37.3 Å². The van der Waals surface area contributed by atoms with Gasteiger partial charge < -0.3 is 9.64 Å². The lowest BCUT2D eigenvalue weighted by atomic mass is 10.1. The Morgan fingerprint density at radius 2 is 1.86 bits per heavy atom. The molecule has 21 heavy (non-hydrogen) atoms. The molecular formula is C15H20F3NOS. The first-order chi connectivity index (χ1) is 9.97. The number of benzene rings is 1. The molecule has 1 aliphatic rings.